The zero-order valence-electron chi connectivity index (χ0n) is 11.7. The lowest BCUT2D eigenvalue weighted by Crippen LogP contribution is -2.15. The molecule has 0 aliphatic rings. The predicted octanol–water partition coefficient (Wildman–Crippen LogP) is 2.45. The van der Waals surface area contributed by atoms with Gasteiger partial charge in [-0.3, -0.25) is 9.78 Å². The maximum Gasteiger partial charge on any atom is 0.337 e. The molecule has 2 heterocycles. The van der Waals surface area contributed by atoms with Crippen molar-refractivity contribution < 1.29 is 13.9 Å². The molecule has 0 spiro atoms. The maximum absolute atomic E-state index is 12.4. The molecule has 3 rings (SSSR count). The van der Waals surface area contributed by atoms with Gasteiger partial charge < -0.3 is 14.5 Å². The number of carbonyl (C=O) groups excluding carboxylic acids is 1. The number of benzene rings is 1. The summed E-state index contributed by atoms with van der Waals surface area (Å²) in [6.45, 7) is 0. The summed E-state index contributed by atoms with van der Waals surface area (Å²) in [5.74, 6) is 0.150. The molecule has 0 saturated carbocycles. The zero-order valence-corrected chi connectivity index (χ0v) is 11.7. The number of anilines is 1. The number of nitrogens with zero attached hydrogens (tertiary/aromatic N) is 1. The Morgan fingerprint density at radius 2 is 1.95 bits per heavy atom. The normalized spacial score (nSPS) is 10.4. The van der Waals surface area contributed by atoms with Crippen LogP contribution in [0.5, 0.6) is 5.75 Å². The number of amides is 1. The van der Waals surface area contributed by atoms with E-state index < -0.39 is 11.5 Å². The van der Waals surface area contributed by atoms with Crippen LogP contribution in [0.3, 0.4) is 0 Å². The molecule has 0 fully saturated rings. The molecular weight excluding hydrogens is 284 g/mol. The molecule has 0 aliphatic carbocycles. The van der Waals surface area contributed by atoms with Gasteiger partial charge in [-0.15, -0.1) is 0 Å². The summed E-state index contributed by atoms with van der Waals surface area (Å²) in [6, 6.07) is 9.44. The number of nitrogens with one attached hydrogen (secondary N) is 1. The molecule has 110 valence electrons. The van der Waals surface area contributed by atoms with Gasteiger partial charge in [-0.2, -0.15) is 0 Å². The number of hydrogen-bond donors (Lipinski definition) is 1. The van der Waals surface area contributed by atoms with E-state index in [1.165, 1.54) is 13.2 Å². The van der Waals surface area contributed by atoms with Gasteiger partial charge in [0.2, 0.25) is 0 Å². The zero-order chi connectivity index (χ0) is 15.5. The van der Waals surface area contributed by atoms with Gasteiger partial charge in [0.1, 0.15) is 11.3 Å². The predicted molar refractivity (Wildman–Crippen MR) is 81.2 cm³/mol. The van der Waals surface area contributed by atoms with Crippen LogP contribution in [0, 0.1) is 0 Å². The first-order chi connectivity index (χ1) is 10.7. The van der Waals surface area contributed by atoms with Crippen molar-refractivity contribution >= 4 is 22.6 Å². The lowest BCUT2D eigenvalue weighted by molar-refractivity contribution is 0.102. The van der Waals surface area contributed by atoms with Crippen molar-refractivity contribution in [2.75, 3.05) is 12.4 Å². The van der Waals surface area contributed by atoms with Gasteiger partial charge in [-0.25, -0.2) is 4.79 Å². The highest BCUT2D eigenvalue weighted by Gasteiger charge is 2.14. The Morgan fingerprint density at radius 3 is 2.68 bits per heavy atom. The van der Waals surface area contributed by atoms with Gasteiger partial charge in [-0.05, 0) is 24.3 Å². The molecule has 2 aromatic heterocycles. The molecule has 0 bridgehead atoms. The molecule has 1 amide bonds. The second kappa shape index (κ2) is 5.69. The van der Waals surface area contributed by atoms with E-state index >= 15 is 0 Å². The molecule has 3 aromatic rings. The third-order valence-electron chi connectivity index (χ3n) is 3.13. The fourth-order valence-corrected chi connectivity index (χ4v) is 2.09. The molecule has 0 radical (unpaired) electrons. The number of carbonyl (C=O) groups is 1. The summed E-state index contributed by atoms with van der Waals surface area (Å²) in [7, 11) is 1.51. The molecule has 0 atom stereocenters. The van der Waals surface area contributed by atoms with E-state index in [-0.39, 0.29) is 5.56 Å². The third kappa shape index (κ3) is 2.67. The number of methoxy groups -OCH3 is 1. The molecular formula is C16H12N2O4. The standard InChI is InChI=1S/C16H12N2O4/c1-21-11-2-3-12-13(9-15(19)22-14(12)8-11)16(20)18-10-4-6-17-7-5-10/h2-9H,1H3,(H,17,18,20). The molecule has 1 N–H and O–H groups in total. The Hall–Kier alpha value is -3.15. The average Bonchev–Trinajstić information content (AvgIpc) is 2.54. The molecule has 0 saturated heterocycles. The largest absolute Gasteiger partial charge is 0.497 e. The van der Waals surface area contributed by atoms with Crippen LogP contribution in [-0.2, 0) is 0 Å². The van der Waals surface area contributed by atoms with E-state index in [0.29, 0.717) is 22.4 Å². The van der Waals surface area contributed by atoms with E-state index in [4.69, 9.17) is 9.15 Å². The summed E-state index contributed by atoms with van der Waals surface area (Å²) in [4.78, 5) is 27.9. The summed E-state index contributed by atoms with van der Waals surface area (Å²) < 4.78 is 10.2. The van der Waals surface area contributed by atoms with E-state index in [1.807, 2.05) is 0 Å². The topological polar surface area (TPSA) is 81.4 Å². The summed E-state index contributed by atoms with van der Waals surface area (Å²) in [5.41, 5.74) is 0.535. The van der Waals surface area contributed by atoms with Gasteiger partial charge in [0.25, 0.3) is 5.91 Å². The molecule has 6 heteroatoms. The van der Waals surface area contributed by atoms with Crippen LogP contribution >= 0.6 is 0 Å². The van der Waals surface area contributed by atoms with Gasteiger partial charge in [-0.1, -0.05) is 0 Å². The van der Waals surface area contributed by atoms with Crippen molar-refractivity contribution in [1.29, 1.82) is 0 Å². The minimum atomic E-state index is -0.597. The maximum atomic E-state index is 12.4. The molecule has 1 aromatic carbocycles. The van der Waals surface area contributed by atoms with E-state index in [9.17, 15) is 9.59 Å². The first-order valence-electron chi connectivity index (χ1n) is 6.50. The highest BCUT2D eigenvalue weighted by atomic mass is 16.5. The van der Waals surface area contributed by atoms with Crippen LogP contribution in [0.15, 0.2) is 58.0 Å². The number of fused-ring (bicyclic) bond motifs is 1. The molecule has 0 aliphatic heterocycles. The SMILES string of the molecule is COc1ccc2c(C(=O)Nc3ccncc3)cc(=O)oc2c1. The average molecular weight is 296 g/mol. The van der Waals surface area contributed by atoms with Crippen molar-refractivity contribution in [3.8, 4) is 5.75 Å². The lowest BCUT2D eigenvalue weighted by atomic mass is 10.1. The first kappa shape index (κ1) is 13.8. The fraction of sp³-hybridized carbons (Fsp3) is 0.0625. The third-order valence-corrected chi connectivity index (χ3v) is 3.13. The Labute approximate surface area is 125 Å². The Balaban J connectivity index is 2.06. The minimum absolute atomic E-state index is 0.241. The van der Waals surface area contributed by atoms with Crippen LogP contribution in [0.25, 0.3) is 11.0 Å². The van der Waals surface area contributed by atoms with Crippen molar-refractivity contribution in [3.63, 3.8) is 0 Å². The second-order valence-electron chi connectivity index (χ2n) is 4.53. The van der Waals surface area contributed by atoms with Crippen molar-refractivity contribution in [3.05, 3.63) is 64.8 Å². The summed E-state index contributed by atoms with van der Waals surface area (Å²) in [6.07, 6.45) is 3.13. The second-order valence-corrected chi connectivity index (χ2v) is 4.53. The van der Waals surface area contributed by atoms with Crippen LogP contribution in [0.4, 0.5) is 5.69 Å². The van der Waals surface area contributed by atoms with Gasteiger partial charge >= 0.3 is 5.63 Å². The molecule has 22 heavy (non-hydrogen) atoms. The van der Waals surface area contributed by atoms with Crippen molar-refractivity contribution in [1.82, 2.24) is 4.98 Å². The number of pyridine rings is 1. The van der Waals surface area contributed by atoms with E-state index in [0.717, 1.165) is 0 Å². The Morgan fingerprint density at radius 1 is 1.18 bits per heavy atom. The van der Waals surface area contributed by atoms with Crippen molar-refractivity contribution in [2.24, 2.45) is 0 Å². The molecule has 0 unspecified atom stereocenters. The van der Waals surface area contributed by atoms with Crippen LogP contribution in [-0.4, -0.2) is 18.0 Å². The lowest BCUT2D eigenvalue weighted by Gasteiger charge is -2.08. The van der Waals surface area contributed by atoms with Gasteiger partial charge in [0.15, 0.2) is 0 Å². The smallest absolute Gasteiger partial charge is 0.337 e. The summed E-state index contributed by atoms with van der Waals surface area (Å²) in [5, 5.41) is 3.25. The quantitative estimate of drug-likeness (QED) is 0.751. The van der Waals surface area contributed by atoms with Gasteiger partial charge in [0, 0.05) is 35.6 Å². The van der Waals surface area contributed by atoms with Gasteiger partial charge in [0.05, 0.1) is 12.7 Å². The minimum Gasteiger partial charge on any atom is -0.497 e. The fourth-order valence-electron chi connectivity index (χ4n) is 2.09. The number of rotatable bonds is 3. The highest BCUT2D eigenvalue weighted by molar-refractivity contribution is 6.12. The van der Waals surface area contributed by atoms with Crippen molar-refractivity contribution in [2.45, 2.75) is 0 Å². The Kier molecular flexibility index (Phi) is 3.57. The van der Waals surface area contributed by atoms with E-state index in [2.05, 4.69) is 10.3 Å². The summed E-state index contributed by atoms with van der Waals surface area (Å²) >= 11 is 0. The van der Waals surface area contributed by atoms with Crippen LogP contribution < -0.4 is 15.7 Å². The monoisotopic (exact) mass is 296 g/mol. The number of aromatic nitrogens is 1. The van der Waals surface area contributed by atoms with Crippen LogP contribution in [0.1, 0.15) is 10.4 Å². The van der Waals surface area contributed by atoms with Crippen LogP contribution in [0.2, 0.25) is 0 Å². The Bertz CT molecular complexity index is 888. The number of hydrogen-bond acceptors (Lipinski definition) is 5. The number of ether oxygens (including phenoxy) is 1. The van der Waals surface area contributed by atoms with E-state index in [1.54, 1.807) is 42.7 Å². The first-order valence-corrected chi connectivity index (χ1v) is 6.50. The molecule has 6 nitrogen and oxygen atoms in total. The highest BCUT2D eigenvalue weighted by Crippen LogP contribution is 2.23.